The van der Waals surface area contributed by atoms with Gasteiger partial charge in [-0.05, 0) is 38.1 Å². The predicted octanol–water partition coefficient (Wildman–Crippen LogP) is 3.85. The van der Waals surface area contributed by atoms with Gasteiger partial charge in [-0.15, -0.1) is 0 Å². The van der Waals surface area contributed by atoms with Crippen LogP contribution in [0, 0.1) is 13.8 Å². The van der Waals surface area contributed by atoms with Gasteiger partial charge in [0.05, 0.1) is 10.6 Å². The number of para-hydroxylation sites is 1. The number of nitrogens with one attached hydrogen (secondary N) is 1. The Bertz CT molecular complexity index is 893. The number of rotatable bonds is 3. The molecule has 5 heteroatoms. The first kappa shape index (κ1) is 13.7. The van der Waals surface area contributed by atoms with Crippen LogP contribution in [0.5, 0.6) is 0 Å². The number of aryl methyl sites for hydroxylation is 2. The van der Waals surface area contributed by atoms with Crippen molar-refractivity contribution in [3.05, 3.63) is 59.9 Å². The van der Waals surface area contributed by atoms with E-state index in [1.54, 1.807) is 36.4 Å². The van der Waals surface area contributed by atoms with E-state index in [1.807, 2.05) is 26.0 Å². The summed E-state index contributed by atoms with van der Waals surface area (Å²) in [6.07, 6.45) is 0. The van der Waals surface area contributed by atoms with Gasteiger partial charge in [0.1, 0.15) is 5.76 Å². The zero-order chi connectivity index (χ0) is 15.0. The highest BCUT2D eigenvalue weighted by molar-refractivity contribution is 7.92. The van der Waals surface area contributed by atoms with E-state index in [-0.39, 0.29) is 4.90 Å². The minimum Gasteiger partial charge on any atom is -0.459 e. The number of hydrogen-bond donors (Lipinski definition) is 1. The second-order valence-electron chi connectivity index (χ2n) is 5.00. The fourth-order valence-corrected chi connectivity index (χ4v) is 3.26. The lowest BCUT2D eigenvalue weighted by Crippen LogP contribution is -2.12. The molecule has 0 saturated carbocycles. The van der Waals surface area contributed by atoms with E-state index in [1.165, 1.54) is 0 Å². The molecule has 0 aliphatic carbocycles. The van der Waals surface area contributed by atoms with Crippen LogP contribution in [0.4, 0.5) is 5.69 Å². The highest BCUT2D eigenvalue weighted by Crippen LogP contribution is 2.28. The quantitative estimate of drug-likeness (QED) is 0.799. The Hall–Kier alpha value is -2.27. The molecule has 3 aromatic rings. The van der Waals surface area contributed by atoms with Crippen molar-refractivity contribution in [3.63, 3.8) is 0 Å². The first-order valence-electron chi connectivity index (χ1n) is 6.54. The largest absolute Gasteiger partial charge is 0.459 e. The van der Waals surface area contributed by atoms with Crippen LogP contribution in [-0.2, 0) is 10.0 Å². The van der Waals surface area contributed by atoms with E-state index in [9.17, 15) is 8.42 Å². The minimum absolute atomic E-state index is 0.230. The average Bonchev–Trinajstić information content (AvgIpc) is 2.80. The van der Waals surface area contributed by atoms with E-state index in [4.69, 9.17) is 4.42 Å². The third-order valence-corrected chi connectivity index (χ3v) is 4.62. The maximum absolute atomic E-state index is 12.4. The Morgan fingerprint density at radius 1 is 1.00 bits per heavy atom. The Labute approximate surface area is 123 Å². The lowest BCUT2D eigenvalue weighted by molar-refractivity contribution is 0.578. The summed E-state index contributed by atoms with van der Waals surface area (Å²) in [6.45, 7) is 3.74. The normalized spacial score (nSPS) is 11.7. The summed E-state index contributed by atoms with van der Waals surface area (Å²) >= 11 is 0. The summed E-state index contributed by atoms with van der Waals surface area (Å²) in [5.74, 6) is 0.743. The molecule has 0 aliphatic rings. The molecular weight excluding hydrogens is 286 g/mol. The third-order valence-electron chi connectivity index (χ3n) is 3.24. The van der Waals surface area contributed by atoms with Crippen LogP contribution in [0.2, 0.25) is 0 Å². The Morgan fingerprint density at radius 2 is 1.71 bits per heavy atom. The van der Waals surface area contributed by atoms with Gasteiger partial charge in [0, 0.05) is 5.39 Å². The van der Waals surface area contributed by atoms with Crippen LogP contribution in [0.1, 0.15) is 11.3 Å². The average molecular weight is 301 g/mol. The molecule has 0 atom stereocenters. The number of fused-ring (bicyclic) bond motifs is 1. The van der Waals surface area contributed by atoms with Gasteiger partial charge in [0.15, 0.2) is 5.58 Å². The highest BCUT2D eigenvalue weighted by Gasteiger charge is 2.16. The topological polar surface area (TPSA) is 59.3 Å². The van der Waals surface area contributed by atoms with E-state index >= 15 is 0 Å². The second kappa shape index (κ2) is 4.93. The van der Waals surface area contributed by atoms with E-state index in [0.29, 0.717) is 11.3 Å². The number of benzene rings is 2. The fourth-order valence-electron chi connectivity index (χ4n) is 2.19. The molecule has 0 amide bonds. The molecule has 4 nitrogen and oxygen atoms in total. The van der Waals surface area contributed by atoms with E-state index in [2.05, 4.69) is 4.72 Å². The smallest absolute Gasteiger partial charge is 0.262 e. The van der Waals surface area contributed by atoms with Crippen molar-refractivity contribution in [2.24, 2.45) is 0 Å². The summed E-state index contributed by atoms with van der Waals surface area (Å²) in [6, 6.07) is 14.0. The summed E-state index contributed by atoms with van der Waals surface area (Å²) in [7, 11) is -3.62. The third kappa shape index (κ3) is 2.64. The molecule has 2 aromatic carbocycles. The predicted molar refractivity (Wildman–Crippen MR) is 82.9 cm³/mol. The van der Waals surface area contributed by atoms with Gasteiger partial charge < -0.3 is 4.42 Å². The van der Waals surface area contributed by atoms with Gasteiger partial charge >= 0.3 is 0 Å². The first-order valence-corrected chi connectivity index (χ1v) is 8.03. The van der Waals surface area contributed by atoms with E-state index in [0.717, 1.165) is 16.7 Å². The second-order valence-corrected chi connectivity index (χ2v) is 6.68. The van der Waals surface area contributed by atoms with Gasteiger partial charge in [-0.2, -0.15) is 0 Å². The Balaban J connectivity index is 2.03. The van der Waals surface area contributed by atoms with Gasteiger partial charge in [-0.3, -0.25) is 4.72 Å². The Kier molecular flexibility index (Phi) is 3.22. The van der Waals surface area contributed by atoms with Crippen molar-refractivity contribution >= 4 is 26.7 Å². The lowest BCUT2D eigenvalue weighted by Gasteiger charge is -2.08. The highest BCUT2D eigenvalue weighted by atomic mass is 32.2. The molecule has 0 bridgehead atoms. The summed E-state index contributed by atoms with van der Waals surface area (Å²) in [5.41, 5.74) is 2.00. The Morgan fingerprint density at radius 3 is 2.43 bits per heavy atom. The molecule has 21 heavy (non-hydrogen) atoms. The zero-order valence-corrected chi connectivity index (χ0v) is 12.6. The summed E-state index contributed by atoms with van der Waals surface area (Å²) < 4.78 is 33.0. The summed E-state index contributed by atoms with van der Waals surface area (Å²) in [5, 5.41) is 0.872. The maximum atomic E-state index is 12.4. The minimum atomic E-state index is -3.62. The van der Waals surface area contributed by atoms with Gasteiger partial charge in [-0.1, -0.05) is 29.8 Å². The molecular formula is C16H15NO3S. The van der Waals surface area contributed by atoms with Crippen molar-refractivity contribution in [1.29, 1.82) is 0 Å². The molecule has 108 valence electrons. The van der Waals surface area contributed by atoms with Crippen molar-refractivity contribution in [2.45, 2.75) is 18.7 Å². The van der Waals surface area contributed by atoms with Gasteiger partial charge in [0.2, 0.25) is 0 Å². The van der Waals surface area contributed by atoms with Crippen LogP contribution in [0.3, 0.4) is 0 Å². The lowest BCUT2D eigenvalue weighted by atomic mass is 10.2. The summed E-state index contributed by atoms with van der Waals surface area (Å²) in [4.78, 5) is 0.230. The number of sulfonamides is 1. The SMILES string of the molecule is Cc1ccc(S(=O)(=O)Nc2cccc3cc(C)oc23)cc1. The molecule has 0 unspecified atom stereocenters. The van der Waals surface area contributed by atoms with Crippen LogP contribution in [0.25, 0.3) is 11.0 Å². The molecule has 0 fully saturated rings. The molecule has 0 spiro atoms. The standard InChI is InChI=1S/C16H15NO3S/c1-11-6-8-14(9-7-11)21(18,19)17-15-5-3-4-13-10-12(2)20-16(13)15/h3-10,17H,1-2H3. The van der Waals surface area contributed by atoms with Crippen molar-refractivity contribution in [1.82, 2.24) is 0 Å². The van der Waals surface area contributed by atoms with Crippen LogP contribution >= 0.6 is 0 Å². The number of anilines is 1. The van der Waals surface area contributed by atoms with E-state index < -0.39 is 10.0 Å². The zero-order valence-electron chi connectivity index (χ0n) is 11.8. The van der Waals surface area contributed by atoms with Crippen LogP contribution in [-0.4, -0.2) is 8.42 Å². The molecule has 0 saturated heterocycles. The molecule has 1 N–H and O–H groups in total. The molecule has 0 radical (unpaired) electrons. The fraction of sp³-hybridized carbons (Fsp3) is 0.125. The van der Waals surface area contributed by atoms with Crippen LogP contribution < -0.4 is 4.72 Å². The molecule has 1 aromatic heterocycles. The monoisotopic (exact) mass is 301 g/mol. The number of hydrogen-bond acceptors (Lipinski definition) is 3. The van der Waals surface area contributed by atoms with Crippen LogP contribution in [0.15, 0.2) is 57.8 Å². The maximum Gasteiger partial charge on any atom is 0.262 e. The molecule has 0 aliphatic heterocycles. The van der Waals surface area contributed by atoms with Crippen molar-refractivity contribution in [3.8, 4) is 0 Å². The van der Waals surface area contributed by atoms with Crippen molar-refractivity contribution < 1.29 is 12.8 Å². The molecule has 1 heterocycles. The van der Waals surface area contributed by atoms with Gasteiger partial charge in [-0.25, -0.2) is 8.42 Å². The first-order chi connectivity index (χ1) is 9.95. The van der Waals surface area contributed by atoms with Gasteiger partial charge in [0.25, 0.3) is 10.0 Å². The number of furan rings is 1. The van der Waals surface area contributed by atoms with Crippen molar-refractivity contribution in [2.75, 3.05) is 4.72 Å². The molecule has 3 rings (SSSR count).